The number of pyridine rings is 1. The van der Waals surface area contributed by atoms with E-state index in [0.717, 1.165) is 5.56 Å². The maximum atomic E-state index is 11.6. The zero-order chi connectivity index (χ0) is 12.1. The van der Waals surface area contributed by atoms with Crippen LogP contribution in [0.3, 0.4) is 0 Å². The minimum atomic E-state index is -0.643. The van der Waals surface area contributed by atoms with Crippen molar-refractivity contribution in [1.82, 2.24) is 10.3 Å². The van der Waals surface area contributed by atoms with Crippen molar-refractivity contribution in [1.29, 1.82) is 0 Å². The standard InChI is InChI=1S/C11H17N3O2/c1-7-3-9(5-13-4-7)11(16)14-6-10(12)8(2)15/h3-5,8,10,15H,6,12H2,1-2H3,(H,14,16). The lowest BCUT2D eigenvalue weighted by molar-refractivity contribution is 0.0937. The van der Waals surface area contributed by atoms with Gasteiger partial charge >= 0.3 is 0 Å². The second kappa shape index (κ2) is 5.58. The quantitative estimate of drug-likeness (QED) is 0.661. The van der Waals surface area contributed by atoms with Gasteiger partial charge in [-0.3, -0.25) is 9.78 Å². The van der Waals surface area contributed by atoms with Gasteiger partial charge in [0.2, 0.25) is 0 Å². The maximum Gasteiger partial charge on any atom is 0.252 e. The Morgan fingerprint density at radius 1 is 1.62 bits per heavy atom. The number of hydrogen-bond donors (Lipinski definition) is 3. The lowest BCUT2D eigenvalue weighted by Crippen LogP contribution is -2.43. The van der Waals surface area contributed by atoms with Gasteiger partial charge in [-0.15, -0.1) is 0 Å². The molecule has 1 aromatic heterocycles. The Morgan fingerprint density at radius 3 is 2.88 bits per heavy atom. The van der Waals surface area contributed by atoms with Gasteiger partial charge in [0.1, 0.15) is 0 Å². The molecule has 0 saturated heterocycles. The van der Waals surface area contributed by atoms with E-state index in [4.69, 9.17) is 10.8 Å². The largest absolute Gasteiger partial charge is 0.392 e. The molecule has 0 aliphatic heterocycles. The predicted molar refractivity (Wildman–Crippen MR) is 61.0 cm³/mol. The fourth-order valence-electron chi connectivity index (χ4n) is 1.16. The molecule has 2 atom stereocenters. The fraction of sp³-hybridized carbons (Fsp3) is 0.455. The summed E-state index contributed by atoms with van der Waals surface area (Å²) >= 11 is 0. The zero-order valence-corrected chi connectivity index (χ0v) is 9.47. The van der Waals surface area contributed by atoms with Crippen LogP contribution in [-0.4, -0.2) is 34.7 Å². The molecular formula is C11H17N3O2. The van der Waals surface area contributed by atoms with Gasteiger partial charge in [-0.2, -0.15) is 0 Å². The number of aliphatic hydroxyl groups excluding tert-OH is 1. The summed E-state index contributed by atoms with van der Waals surface area (Å²) in [6, 6.07) is 1.29. The number of amides is 1. The summed E-state index contributed by atoms with van der Waals surface area (Å²) < 4.78 is 0. The molecule has 0 saturated carbocycles. The first-order valence-electron chi connectivity index (χ1n) is 5.14. The van der Waals surface area contributed by atoms with E-state index in [0.29, 0.717) is 5.56 Å². The van der Waals surface area contributed by atoms with Crippen molar-refractivity contribution in [3.63, 3.8) is 0 Å². The number of carbonyl (C=O) groups excluding carboxylic acids is 1. The summed E-state index contributed by atoms with van der Waals surface area (Å²) in [7, 11) is 0. The summed E-state index contributed by atoms with van der Waals surface area (Å²) in [5.74, 6) is -0.229. The Balaban J connectivity index is 2.53. The molecule has 1 heterocycles. The molecule has 16 heavy (non-hydrogen) atoms. The van der Waals surface area contributed by atoms with E-state index in [-0.39, 0.29) is 12.5 Å². The van der Waals surface area contributed by atoms with Crippen molar-refractivity contribution in [3.05, 3.63) is 29.6 Å². The third kappa shape index (κ3) is 3.60. The molecule has 5 nitrogen and oxygen atoms in total. The third-order valence-corrected chi connectivity index (χ3v) is 2.26. The second-order valence-corrected chi connectivity index (χ2v) is 3.87. The molecule has 0 radical (unpaired) electrons. The van der Waals surface area contributed by atoms with Crippen molar-refractivity contribution in [2.45, 2.75) is 26.0 Å². The van der Waals surface area contributed by atoms with Crippen LogP contribution < -0.4 is 11.1 Å². The Hall–Kier alpha value is -1.46. The van der Waals surface area contributed by atoms with Crippen molar-refractivity contribution >= 4 is 5.91 Å². The highest BCUT2D eigenvalue weighted by Gasteiger charge is 2.11. The Morgan fingerprint density at radius 2 is 2.31 bits per heavy atom. The van der Waals surface area contributed by atoms with Gasteiger partial charge in [-0.25, -0.2) is 0 Å². The van der Waals surface area contributed by atoms with Crippen LogP contribution in [0.25, 0.3) is 0 Å². The van der Waals surface area contributed by atoms with Crippen LogP contribution >= 0.6 is 0 Å². The number of aryl methyl sites for hydroxylation is 1. The van der Waals surface area contributed by atoms with Gasteiger partial charge < -0.3 is 16.2 Å². The molecule has 1 aromatic rings. The third-order valence-electron chi connectivity index (χ3n) is 2.26. The smallest absolute Gasteiger partial charge is 0.252 e. The van der Waals surface area contributed by atoms with E-state index in [9.17, 15) is 4.79 Å². The first kappa shape index (κ1) is 12.6. The molecule has 0 bridgehead atoms. The summed E-state index contributed by atoms with van der Waals surface area (Å²) in [6.45, 7) is 3.70. The van der Waals surface area contributed by atoms with Crippen molar-refractivity contribution in [3.8, 4) is 0 Å². The first-order valence-corrected chi connectivity index (χ1v) is 5.14. The minimum absolute atomic E-state index is 0.229. The zero-order valence-electron chi connectivity index (χ0n) is 9.47. The molecule has 1 rings (SSSR count). The number of hydrogen-bond acceptors (Lipinski definition) is 4. The molecule has 0 aliphatic rings. The highest BCUT2D eigenvalue weighted by atomic mass is 16.3. The highest BCUT2D eigenvalue weighted by molar-refractivity contribution is 5.94. The number of nitrogens with zero attached hydrogens (tertiary/aromatic N) is 1. The normalized spacial score (nSPS) is 14.2. The van der Waals surface area contributed by atoms with Crippen LogP contribution in [0.5, 0.6) is 0 Å². The fourth-order valence-corrected chi connectivity index (χ4v) is 1.16. The van der Waals surface area contributed by atoms with Crippen LogP contribution in [0.1, 0.15) is 22.8 Å². The molecule has 88 valence electrons. The Bertz CT molecular complexity index is 366. The van der Waals surface area contributed by atoms with Crippen LogP contribution in [0.4, 0.5) is 0 Å². The topological polar surface area (TPSA) is 88.2 Å². The molecule has 1 amide bonds. The molecule has 4 N–H and O–H groups in total. The minimum Gasteiger partial charge on any atom is -0.392 e. The number of rotatable bonds is 4. The molecule has 0 aromatic carbocycles. The molecule has 0 spiro atoms. The number of nitrogens with two attached hydrogens (primary N) is 1. The number of carbonyl (C=O) groups is 1. The van der Waals surface area contributed by atoms with Gasteiger partial charge in [0, 0.05) is 25.0 Å². The summed E-state index contributed by atoms with van der Waals surface area (Å²) in [4.78, 5) is 15.6. The van der Waals surface area contributed by atoms with Gasteiger partial charge in [0.05, 0.1) is 11.7 Å². The van der Waals surface area contributed by atoms with Gasteiger partial charge in [0.15, 0.2) is 0 Å². The van der Waals surface area contributed by atoms with Crippen LogP contribution in [0.15, 0.2) is 18.5 Å². The van der Waals surface area contributed by atoms with Crippen LogP contribution in [0, 0.1) is 6.92 Å². The Kier molecular flexibility index (Phi) is 4.39. The van der Waals surface area contributed by atoms with Crippen molar-refractivity contribution in [2.75, 3.05) is 6.54 Å². The van der Waals surface area contributed by atoms with Crippen molar-refractivity contribution < 1.29 is 9.90 Å². The van der Waals surface area contributed by atoms with Crippen LogP contribution in [-0.2, 0) is 0 Å². The van der Waals surface area contributed by atoms with E-state index >= 15 is 0 Å². The number of aliphatic hydroxyl groups is 1. The Labute approximate surface area is 94.7 Å². The number of aromatic nitrogens is 1. The van der Waals surface area contributed by atoms with E-state index < -0.39 is 12.1 Å². The molecule has 0 fully saturated rings. The molecular weight excluding hydrogens is 206 g/mol. The molecule has 5 heteroatoms. The van der Waals surface area contributed by atoms with E-state index in [1.54, 1.807) is 19.2 Å². The second-order valence-electron chi connectivity index (χ2n) is 3.87. The summed E-state index contributed by atoms with van der Waals surface area (Å²) in [5.41, 5.74) is 7.01. The lowest BCUT2D eigenvalue weighted by atomic mass is 10.2. The average Bonchev–Trinajstić information content (AvgIpc) is 2.25. The average molecular weight is 223 g/mol. The first-order chi connectivity index (χ1) is 7.50. The van der Waals surface area contributed by atoms with Gasteiger partial charge in [0.25, 0.3) is 5.91 Å². The predicted octanol–water partition coefficient (Wildman–Crippen LogP) is -0.172. The van der Waals surface area contributed by atoms with Gasteiger partial charge in [-0.05, 0) is 25.5 Å². The SMILES string of the molecule is Cc1cncc(C(=O)NCC(N)C(C)O)c1. The molecule has 0 aliphatic carbocycles. The number of nitrogens with one attached hydrogen (secondary N) is 1. The van der Waals surface area contributed by atoms with Crippen LogP contribution in [0.2, 0.25) is 0 Å². The summed E-state index contributed by atoms with van der Waals surface area (Å²) in [6.07, 6.45) is 2.53. The monoisotopic (exact) mass is 223 g/mol. The van der Waals surface area contributed by atoms with Crippen molar-refractivity contribution in [2.24, 2.45) is 5.73 Å². The summed E-state index contributed by atoms with van der Waals surface area (Å²) in [5, 5.41) is 11.8. The molecule has 2 unspecified atom stereocenters. The van der Waals surface area contributed by atoms with E-state index in [2.05, 4.69) is 10.3 Å². The van der Waals surface area contributed by atoms with Gasteiger partial charge in [-0.1, -0.05) is 0 Å². The highest BCUT2D eigenvalue weighted by Crippen LogP contribution is 2.00. The van der Waals surface area contributed by atoms with E-state index in [1.165, 1.54) is 6.20 Å². The lowest BCUT2D eigenvalue weighted by Gasteiger charge is -2.15. The maximum absolute atomic E-state index is 11.6. The van der Waals surface area contributed by atoms with E-state index in [1.807, 2.05) is 6.92 Å².